The summed E-state index contributed by atoms with van der Waals surface area (Å²) in [7, 11) is 0. The standard InChI is InChI=1S/C53H40N2/c1-53(2)48-26-13-14-27-50(48)55(52-45-24-12-10-17-39(45)30-34-47(52)46-25-15-18-38-16-9-11-23-44(38)46)51-35-31-40(36-49(51)53)37-28-32-43(33-29-37)54(41-19-5-3-6-20-41)42-21-7-4-8-22-42/h3-36H,1-2H3. The fourth-order valence-corrected chi connectivity index (χ4v) is 8.70. The van der Waals surface area contributed by atoms with E-state index < -0.39 is 0 Å². The molecule has 9 aromatic rings. The third-order valence-electron chi connectivity index (χ3n) is 11.4. The summed E-state index contributed by atoms with van der Waals surface area (Å²) in [4.78, 5) is 4.85. The third kappa shape index (κ3) is 5.49. The Morgan fingerprint density at radius 1 is 0.382 bits per heavy atom. The second-order valence-corrected chi connectivity index (χ2v) is 15.0. The van der Waals surface area contributed by atoms with Gasteiger partial charge in [-0.1, -0.05) is 166 Å². The first-order valence-electron chi connectivity index (χ1n) is 19.1. The molecule has 1 aliphatic rings. The first-order chi connectivity index (χ1) is 27.1. The molecule has 0 radical (unpaired) electrons. The summed E-state index contributed by atoms with van der Waals surface area (Å²) in [5, 5.41) is 4.95. The molecule has 2 heteroatoms. The van der Waals surface area contributed by atoms with Crippen LogP contribution in [0.4, 0.5) is 34.1 Å². The highest BCUT2D eigenvalue weighted by molar-refractivity contribution is 6.11. The molecule has 1 aliphatic heterocycles. The van der Waals surface area contributed by atoms with Crippen LogP contribution < -0.4 is 9.80 Å². The fourth-order valence-electron chi connectivity index (χ4n) is 8.70. The molecule has 0 fully saturated rings. The molecule has 0 saturated carbocycles. The van der Waals surface area contributed by atoms with Crippen LogP contribution in [0, 0.1) is 0 Å². The van der Waals surface area contributed by atoms with Crippen molar-refractivity contribution in [2.45, 2.75) is 19.3 Å². The third-order valence-corrected chi connectivity index (χ3v) is 11.4. The van der Waals surface area contributed by atoms with Crippen molar-refractivity contribution in [1.82, 2.24) is 0 Å². The Balaban J connectivity index is 1.15. The highest BCUT2D eigenvalue weighted by Gasteiger charge is 2.38. The van der Waals surface area contributed by atoms with Gasteiger partial charge >= 0.3 is 0 Å². The van der Waals surface area contributed by atoms with Crippen LogP contribution in [0.15, 0.2) is 206 Å². The molecule has 0 aliphatic carbocycles. The minimum Gasteiger partial charge on any atom is -0.311 e. The van der Waals surface area contributed by atoms with Gasteiger partial charge < -0.3 is 9.80 Å². The van der Waals surface area contributed by atoms with Crippen LogP contribution in [-0.4, -0.2) is 0 Å². The largest absolute Gasteiger partial charge is 0.311 e. The highest BCUT2D eigenvalue weighted by Crippen LogP contribution is 2.56. The summed E-state index contributed by atoms with van der Waals surface area (Å²) in [6.07, 6.45) is 0. The van der Waals surface area contributed by atoms with Gasteiger partial charge in [-0.2, -0.15) is 0 Å². The summed E-state index contributed by atoms with van der Waals surface area (Å²) in [6, 6.07) is 75.1. The van der Waals surface area contributed by atoms with E-state index in [0.717, 1.165) is 17.1 Å². The number of benzene rings is 9. The van der Waals surface area contributed by atoms with Gasteiger partial charge in [-0.3, -0.25) is 0 Å². The summed E-state index contributed by atoms with van der Waals surface area (Å²) in [5.41, 5.74) is 14.3. The van der Waals surface area contributed by atoms with E-state index in [1.54, 1.807) is 0 Å². The molecule has 0 unspecified atom stereocenters. The number of anilines is 6. The molecule has 9 aromatic carbocycles. The quantitative estimate of drug-likeness (QED) is 0.170. The lowest BCUT2D eigenvalue weighted by atomic mass is 9.72. The smallest absolute Gasteiger partial charge is 0.0618 e. The van der Waals surface area contributed by atoms with E-state index in [-0.39, 0.29) is 5.41 Å². The zero-order chi connectivity index (χ0) is 36.9. The number of para-hydroxylation sites is 3. The zero-order valence-corrected chi connectivity index (χ0v) is 31.0. The molecule has 0 N–H and O–H groups in total. The van der Waals surface area contributed by atoms with Crippen LogP contribution in [0.3, 0.4) is 0 Å². The number of hydrogen-bond donors (Lipinski definition) is 0. The Bertz CT molecular complexity index is 2790. The van der Waals surface area contributed by atoms with Crippen molar-refractivity contribution >= 4 is 55.7 Å². The minimum absolute atomic E-state index is 0.236. The van der Waals surface area contributed by atoms with E-state index in [2.05, 4.69) is 230 Å². The Kier molecular flexibility index (Phi) is 7.85. The van der Waals surface area contributed by atoms with Crippen LogP contribution >= 0.6 is 0 Å². The first-order valence-corrected chi connectivity index (χ1v) is 19.1. The molecule has 0 amide bonds. The van der Waals surface area contributed by atoms with E-state index >= 15 is 0 Å². The molecule has 10 rings (SSSR count). The average molecular weight is 705 g/mol. The van der Waals surface area contributed by atoms with Gasteiger partial charge in [-0.25, -0.2) is 0 Å². The van der Waals surface area contributed by atoms with Gasteiger partial charge in [0.1, 0.15) is 0 Å². The van der Waals surface area contributed by atoms with Crippen molar-refractivity contribution < 1.29 is 0 Å². The maximum Gasteiger partial charge on any atom is 0.0618 e. The minimum atomic E-state index is -0.236. The summed E-state index contributed by atoms with van der Waals surface area (Å²) in [6.45, 7) is 4.75. The van der Waals surface area contributed by atoms with Crippen LogP contribution in [0.5, 0.6) is 0 Å². The van der Waals surface area contributed by atoms with Crippen molar-refractivity contribution in [3.63, 3.8) is 0 Å². The van der Waals surface area contributed by atoms with E-state index in [1.165, 1.54) is 72.0 Å². The van der Waals surface area contributed by atoms with Crippen molar-refractivity contribution in [3.8, 4) is 22.3 Å². The summed E-state index contributed by atoms with van der Waals surface area (Å²) >= 11 is 0. The molecule has 2 nitrogen and oxygen atoms in total. The molecule has 0 bridgehead atoms. The lowest BCUT2D eigenvalue weighted by molar-refractivity contribution is 0.632. The molecule has 0 saturated heterocycles. The van der Waals surface area contributed by atoms with Gasteiger partial charge in [0.15, 0.2) is 0 Å². The summed E-state index contributed by atoms with van der Waals surface area (Å²) in [5.74, 6) is 0. The highest BCUT2D eigenvalue weighted by atomic mass is 15.2. The molecule has 0 spiro atoms. The van der Waals surface area contributed by atoms with Crippen molar-refractivity contribution in [2.24, 2.45) is 0 Å². The van der Waals surface area contributed by atoms with Crippen molar-refractivity contribution in [2.75, 3.05) is 9.80 Å². The van der Waals surface area contributed by atoms with Gasteiger partial charge in [0.25, 0.3) is 0 Å². The Hall–Kier alpha value is -6.90. The van der Waals surface area contributed by atoms with E-state index in [0.29, 0.717) is 0 Å². The van der Waals surface area contributed by atoms with Gasteiger partial charge in [0.2, 0.25) is 0 Å². The predicted molar refractivity (Wildman–Crippen MR) is 234 cm³/mol. The maximum absolute atomic E-state index is 2.54. The van der Waals surface area contributed by atoms with Crippen LogP contribution in [0.2, 0.25) is 0 Å². The number of fused-ring (bicyclic) bond motifs is 4. The molecule has 55 heavy (non-hydrogen) atoms. The second-order valence-electron chi connectivity index (χ2n) is 15.0. The Morgan fingerprint density at radius 2 is 0.927 bits per heavy atom. The van der Waals surface area contributed by atoms with Crippen LogP contribution in [-0.2, 0) is 5.41 Å². The lowest BCUT2D eigenvalue weighted by Gasteiger charge is -2.43. The second kappa shape index (κ2) is 13.2. The first kappa shape index (κ1) is 32.7. The van der Waals surface area contributed by atoms with Gasteiger partial charge in [0.05, 0.1) is 17.1 Å². The topological polar surface area (TPSA) is 6.48 Å². The molecule has 0 atom stereocenters. The van der Waals surface area contributed by atoms with Crippen LogP contribution in [0.1, 0.15) is 25.0 Å². The zero-order valence-electron chi connectivity index (χ0n) is 31.0. The fraction of sp³-hybridized carbons (Fsp3) is 0.0566. The molecule has 0 aromatic heterocycles. The Labute approximate surface area is 323 Å². The van der Waals surface area contributed by atoms with Crippen molar-refractivity contribution in [3.05, 3.63) is 217 Å². The molecule has 262 valence electrons. The molecular formula is C53H40N2. The van der Waals surface area contributed by atoms with Gasteiger partial charge in [0, 0.05) is 33.4 Å². The SMILES string of the molecule is CC1(C)c2ccccc2N(c2c(-c3cccc4ccccc34)ccc3ccccc23)c2ccc(-c3ccc(N(c4ccccc4)c4ccccc4)cc3)cc21. The van der Waals surface area contributed by atoms with E-state index in [1.807, 2.05) is 0 Å². The Morgan fingerprint density at radius 3 is 1.65 bits per heavy atom. The van der Waals surface area contributed by atoms with E-state index in [4.69, 9.17) is 0 Å². The lowest BCUT2D eigenvalue weighted by Crippen LogP contribution is -2.31. The maximum atomic E-state index is 2.54. The van der Waals surface area contributed by atoms with Crippen molar-refractivity contribution in [1.29, 1.82) is 0 Å². The molecule has 1 heterocycles. The van der Waals surface area contributed by atoms with Gasteiger partial charge in [-0.15, -0.1) is 0 Å². The number of hydrogen-bond acceptors (Lipinski definition) is 2. The monoisotopic (exact) mass is 704 g/mol. The average Bonchev–Trinajstić information content (AvgIpc) is 3.25. The van der Waals surface area contributed by atoms with Gasteiger partial charge in [-0.05, 0) is 98.6 Å². The van der Waals surface area contributed by atoms with E-state index in [9.17, 15) is 0 Å². The number of rotatable bonds is 6. The number of nitrogens with zero attached hydrogens (tertiary/aromatic N) is 2. The molecular weight excluding hydrogens is 665 g/mol. The summed E-state index contributed by atoms with van der Waals surface area (Å²) < 4.78 is 0. The van der Waals surface area contributed by atoms with Crippen LogP contribution in [0.25, 0.3) is 43.8 Å². The normalized spacial score (nSPS) is 13.0. The predicted octanol–water partition coefficient (Wildman–Crippen LogP) is 14.9.